The van der Waals surface area contributed by atoms with Crippen LogP contribution in [0.5, 0.6) is 5.75 Å². The molecule has 0 saturated heterocycles. The van der Waals surface area contributed by atoms with Crippen LogP contribution in [-0.4, -0.2) is 35.7 Å². The molecule has 2 N–H and O–H groups in total. The summed E-state index contributed by atoms with van der Waals surface area (Å²) in [6.45, 7) is 3.05. The summed E-state index contributed by atoms with van der Waals surface area (Å²) in [7, 11) is -0.357. The van der Waals surface area contributed by atoms with Gasteiger partial charge in [-0.3, -0.25) is 0 Å². The Morgan fingerprint density at radius 2 is 2.05 bits per heavy atom. The van der Waals surface area contributed by atoms with Crippen LogP contribution in [0.25, 0.3) is 0 Å². The number of ether oxygens (including phenoxy) is 1. The van der Waals surface area contributed by atoms with Gasteiger partial charge in [-0.2, -0.15) is 0 Å². The molecule has 0 amide bonds. The molecule has 0 saturated carbocycles. The molecule has 0 heterocycles. The zero-order valence-corrected chi connectivity index (χ0v) is 12.8. The maximum absolute atomic E-state index is 12.2. The van der Waals surface area contributed by atoms with Gasteiger partial charge in [0.05, 0.1) is 7.11 Å². The third kappa shape index (κ3) is 4.65. The van der Waals surface area contributed by atoms with Gasteiger partial charge >= 0.3 is 0 Å². The minimum atomic E-state index is -3.59. The lowest BCUT2D eigenvalue weighted by molar-refractivity contribution is 0.402. The van der Waals surface area contributed by atoms with Crippen molar-refractivity contribution in [2.75, 3.05) is 27.2 Å². The average Bonchev–Trinajstić information content (AvgIpc) is 2.36. The van der Waals surface area contributed by atoms with Gasteiger partial charge in [0.2, 0.25) is 10.0 Å². The fraction of sp³-hybridized carbons (Fsp3) is 0.500. The Morgan fingerprint density at radius 3 is 2.63 bits per heavy atom. The topological polar surface area (TPSA) is 67.4 Å². The molecule has 5 nitrogen and oxygen atoms in total. The number of halogens is 1. The number of methoxy groups -OCH3 is 1. The van der Waals surface area contributed by atoms with E-state index >= 15 is 0 Å². The van der Waals surface area contributed by atoms with Crippen molar-refractivity contribution in [1.29, 1.82) is 0 Å². The molecule has 1 atom stereocenters. The maximum Gasteiger partial charge on any atom is 0.244 e. The van der Waals surface area contributed by atoms with E-state index in [1.165, 1.54) is 25.3 Å². The Bertz CT molecular complexity index is 520. The first-order chi connectivity index (χ1) is 8.90. The first-order valence-electron chi connectivity index (χ1n) is 5.88. The van der Waals surface area contributed by atoms with Crippen LogP contribution in [0.3, 0.4) is 0 Å². The van der Waals surface area contributed by atoms with E-state index in [0.29, 0.717) is 11.6 Å². The standard InChI is InChI=1S/C12H19ClN2O3S/c1-9(7-14-2)8-15-19(16,17)12-5-4-10(13)6-11(12)18-3/h4-6,9,14-15H,7-8H2,1-3H3. The molecule has 0 aliphatic carbocycles. The molecule has 0 aliphatic rings. The van der Waals surface area contributed by atoms with Crippen molar-refractivity contribution >= 4 is 21.6 Å². The number of sulfonamides is 1. The van der Waals surface area contributed by atoms with Crippen molar-refractivity contribution < 1.29 is 13.2 Å². The lowest BCUT2D eigenvalue weighted by Crippen LogP contribution is -2.32. The van der Waals surface area contributed by atoms with Gasteiger partial charge in [-0.15, -0.1) is 0 Å². The third-order valence-corrected chi connectivity index (χ3v) is 4.29. The van der Waals surface area contributed by atoms with Crippen LogP contribution in [0.1, 0.15) is 6.92 Å². The molecule has 108 valence electrons. The van der Waals surface area contributed by atoms with Gasteiger partial charge in [0.1, 0.15) is 10.6 Å². The minimum absolute atomic E-state index is 0.0936. The van der Waals surface area contributed by atoms with Crippen molar-refractivity contribution in [3.05, 3.63) is 23.2 Å². The van der Waals surface area contributed by atoms with Crippen molar-refractivity contribution in [3.8, 4) is 5.75 Å². The average molecular weight is 307 g/mol. The highest BCUT2D eigenvalue weighted by atomic mass is 35.5. The monoisotopic (exact) mass is 306 g/mol. The minimum Gasteiger partial charge on any atom is -0.495 e. The largest absolute Gasteiger partial charge is 0.495 e. The van der Waals surface area contributed by atoms with Gasteiger partial charge in [-0.1, -0.05) is 18.5 Å². The molecule has 1 rings (SSSR count). The first kappa shape index (κ1) is 16.2. The van der Waals surface area contributed by atoms with Gasteiger partial charge in [-0.05, 0) is 31.6 Å². The zero-order chi connectivity index (χ0) is 14.5. The molecule has 0 radical (unpaired) electrons. The molecule has 0 spiro atoms. The summed E-state index contributed by atoms with van der Waals surface area (Å²) in [4.78, 5) is 0.0936. The molecular formula is C12H19ClN2O3S. The molecule has 0 bridgehead atoms. The summed E-state index contributed by atoms with van der Waals surface area (Å²) in [5.74, 6) is 0.430. The number of hydrogen-bond acceptors (Lipinski definition) is 4. The summed E-state index contributed by atoms with van der Waals surface area (Å²) < 4.78 is 32.0. The van der Waals surface area contributed by atoms with E-state index in [1.54, 1.807) is 0 Å². The summed E-state index contributed by atoms with van der Waals surface area (Å²) in [6, 6.07) is 4.44. The smallest absolute Gasteiger partial charge is 0.244 e. The van der Waals surface area contributed by atoms with Crippen molar-refractivity contribution in [2.24, 2.45) is 5.92 Å². The molecule has 1 unspecified atom stereocenters. The van der Waals surface area contributed by atoms with Crippen LogP contribution in [-0.2, 0) is 10.0 Å². The molecule has 1 aromatic carbocycles. The SMILES string of the molecule is CNCC(C)CNS(=O)(=O)c1ccc(Cl)cc1OC. The summed E-state index contributed by atoms with van der Waals surface area (Å²) in [5.41, 5.74) is 0. The highest BCUT2D eigenvalue weighted by Gasteiger charge is 2.20. The van der Waals surface area contributed by atoms with E-state index in [2.05, 4.69) is 10.0 Å². The lowest BCUT2D eigenvalue weighted by Gasteiger charge is -2.14. The fourth-order valence-corrected chi connectivity index (χ4v) is 3.09. The molecule has 19 heavy (non-hydrogen) atoms. The van der Waals surface area contributed by atoms with Gasteiger partial charge < -0.3 is 10.1 Å². The third-order valence-electron chi connectivity index (χ3n) is 2.59. The molecule has 0 aliphatic heterocycles. The van der Waals surface area contributed by atoms with Gasteiger partial charge in [0, 0.05) is 17.6 Å². The van der Waals surface area contributed by atoms with Crippen LogP contribution in [0, 0.1) is 5.92 Å². The summed E-state index contributed by atoms with van der Waals surface area (Å²) in [5, 5.41) is 3.43. The normalized spacial score (nSPS) is 13.3. The van der Waals surface area contributed by atoms with Crippen LogP contribution in [0.15, 0.2) is 23.1 Å². The lowest BCUT2D eigenvalue weighted by atomic mass is 10.2. The number of rotatable bonds is 7. The summed E-state index contributed by atoms with van der Waals surface area (Å²) in [6.07, 6.45) is 0. The fourth-order valence-electron chi connectivity index (χ4n) is 1.61. The van der Waals surface area contributed by atoms with Crippen LogP contribution < -0.4 is 14.8 Å². The van der Waals surface area contributed by atoms with Crippen molar-refractivity contribution in [2.45, 2.75) is 11.8 Å². The van der Waals surface area contributed by atoms with Crippen LogP contribution in [0.2, 0.25) is 5.02 Å². The Kier molecular flexibility index (Phi) is 6.06. The first-order valence-corrected chi connectivity index (χ1v) is 7.74. The highest BCUT2D eigenvalue weighted by molar-refractivity contribution is 7.89. The number of hydrogen-bond donors (Lipinski definition) is 2. The van der Waals surface area contributed by atoms with E-state index in [9.17, 15) is 8.42 Å². The Balaban J connectivity index is 2.88. The van der Waals surface area contributed by atoms with Crippen molar-refractivity contribution in [1.82, 2.24) is 10.0 Å². The van der Waals surface area contributed by atoms with E-state index < -0.39 is 10.0 Å². The Hall–Kier alpha value is -0.820. The maximum atomic E-state index is 12.2. The van der Waals surface area contributed by atoms with Gasteiger partial charge in [0.15, 0.2) is 0 Å². The van der Waals surface area contributed by atoms with Crippen LogP contribution in [0.4, 0.5) is 0 Å². The van der Waals surface area contributed by atoms with Crippen LogP contribution >= 0.6 is 11.6 Å². The van der Waals surface area contributed by atoms with Crippen molar-refractivity contribution in [3.63, 3.8) is 0 Å². The summed E-state index contributed by atoms with van der Waals surface area (Å²) >= 11 is 5.81. The molecule has 0 aromatic heterocycles. The zero-order valence-electron chi connectivity index (χ0n) is 11.2. The van der Waals surface area contributed by atoms with E-state index in [-0.39, 0.29) is 16.6 Å². The predicted molar refractivity (Wildman–Crippen MR) is 76.3 cm³/mol. The second kappa shape index (κ2) is 7.09. The van der Waals surface area contributed by atoms with Gasteiger partial charge in [0.25, 0.3) is 0 Å². The second-order valence-corrected chi connectivity index (χ2v) is 6.48. The Morgan fingerprint density at radius 1 is 1.37 bits per heavy atom. The molecule has 0 fully saturated rings. The van der Waals surface area contributed by atoms with E-state index in [0.717, 1.165) is 6.54 Å². The quantitative estimate of drug-likeness (QED) is 0.801. The number of nitrogens with one attached hydrogen (secondary N) is 2. The highest BCUT2D eigenvalue weighted by Crippen LogP contribution is 2.26. The molecule has 1 aromatic rings. The molecule has 7 heteroatoms. The van der Waals surface area contributed by atoms with E-state index in [1.807, 2.05) is 14.0 Å². The number of benzene rings is 1. The van der Waals surface area contributed by atoms with Gasteiger partial charge in [-0.25, -0.2) is 13.1 Å². The predicted octanol–water partition coefficient (Wildman–Crippen LogP) is 1.48. The van der Waals surface area contributed by atoms with E-state index in [4.69, 9.17) is 16.3 Å². The second-order valence-electron chi connectivity index (χ2n) is 4.31. The Labute approximate surface area is 119 Å². The molecular weight excluding hydrogens is 288 g/mol.